The number of aryl methyl sites for hydroxylation is 3. The van der Waals surface area contributed by atoms with Gasteiger partial charge in [0.15, 0.2) is 11.0 Å². The normalized spacial score (nSPS) is 10.9. The Hall–Kier alpha value is -3.63. The van der Waals surface area contributed by atoms with Crippen molar-refractivity contribution in [3.8, 4) is 16.9 Å². The zero-order valence-corrected chi connectivity index (χ0v) is 24.6. The molecule has 8 nitrogen and oxygen atoms in total. The Morgan fingerprint density at radius 1 is 1.05 bits per heavy atom. The SMILES string of the molecule is CCn1c(COc2cccc(C)c2C)nnc1SCC(=O)Nc1scc(-c2cc(C)ccc2C)c1C(=O)OC. The zero-order chi connectivity index (χ0) is 28.1. The van der Waals surface area contributed by atoms with Crippen molar-refractivity contribution in [2.75, 3.05) is 18.2 Å². The predicted octanol–water partition coefficient (Wildman–Crippen LogP) is 6.36. The van der Waals surface area contributed by atoms with E-state index in [1.807, 2.05) is 81.0 Å². The monoisotopic (exact) mass is 564 g/mol. The molecule has 2 heterocycles. The molecule has 0 radical (unpaired) electrons. The number of esters is 1. The van der Waals surface area contributed by atoms with Gasteiger partial charge in [-0.2, -0.15) is 0 Å². The third kappa shape index (κ3) is 6.34. The molecule has 0 saturated carbocycles. The third-order valence-corrected chi connectivity index (χ3v) is 8.33. The highest BCUT2D eigenvalue weighted by atomic mass is 32.2. The van der Waals surface area contributed by atoms with E-state index in [4.69, 9.17) is 9.47 Å². The molecular formula is C29H32N4O4S2. The minimum atomic E-state index is -0.491. The van der Waals surface area contributed by atoms with E-state index >= 15 is 0 Å². The van der Waals surface area contributed by atoms with Crippen LogP contribution >= 0.6 is 23.1 Å². The van der Waals surface area contributed by atoms with Gasteiger partial charge < -0.3 is 19.4 Å². The number of thioether (sulfide) groups is 1. The van der Waals surface area contributed by atoms with E-state index in [9.17, 15) is 9.59 Å². The lowest BCUT2D eigenvalue weighted by atomic mass is 9.97. The number of aromatic nitrogens is 3. The predicted molar refractivity (Wildman–Crippen MR) is 156 cm³/mol. The maximum atomic E-state index is 12.9. The molecule has 39 heavy (non-hydrogen) atoms. The van der Waals surface area contributed by atoms with Crippen LogP contribution in [0.5, 0.6) is 5.75 Å². The Kier molecular flexibility index (Phi) is 9.08. The molecule has 0 aliphatic rings. The number of hydrogen-bond acceptors (Lipinski definition) is 8. The maximum absolute atomic E-state index is 12.9. The van der Waals surface area contributed by atoms with Gasteiger partial charge in [-0.05, 0) is 62.9 Å². The van der Waals surface area contributed by atoms with Crippen LogP contribution in [0.1, 0.15) is 45.4 Å². The van der Waals surface area contributed by atoms with Crippen LogP contribution in [0, 0.1) is 27.7 Å². The van der Waals surface area contributed by atoms with Crippen LogP contribution in [-0.2, 0) is 22.7 Å². The molecule has 0 bridgehead atoms. The second kappa shape index (κ2) is 12.5. The summed E-state index contributed by atoms with van der Waals surface area (Å²) < 4.78 is 13.0. The smallest absolute Gasteiger partial charge is 0.341 e. The summed E-state index contributed by atoms with van der Waals surface area (Å²) in [4.78, 5) is 25.7. The van der Waals surface area contributed by atoms with Crippen LogP contribution in [0.15, 0.2) is 46.9 Å². The Bertz CT molecular complexity index is 1510. The number of benzene rings is 2. The number of thiophene rings is 1. The average molecular weight is 565 g/mol. The number of hydrogen-bond donors (Lipinski definition) is 1. The molecule has 204 valence electrons. The fourth-order valence-corrected chi connectivity index (χ4v) is 5.93. The summed E-state index contributed by atoms with van der Waals surface area (Å²) >= 11 is 2.59. The molecule has 0 aliphatic carbocycles. The Morgan fingerprint density at radius 2 is 1.85 bits per heavy atom. The first-order valence-electron chi connectivity index (χ1n) is 12.5. The van der Waals surface area contributed by atoms with Crippen molar-refractivity contribution < 1.29 is 19.1 Å². The standard InChI is InChI=1S/C29H32N4O4S2/c1-7-33-24(14-37-23-10-8-9-18(3)20(23)5)31-32-29(33)39-16-25(34)30-27-26(28(35)36-6)22(15-38-27)21-13-17(2)11-12-19(21)4/h8-13,15H,7,14,16H2,1-6H3,(H,30,34). The summed E-state index contributed by atoms with van der Waals surface area (Å²) in [5.41, 5.74) is 6.41. The molecule has 1 N–H and O–H groups in total. The molecule has 2 aromatic carbocycles. The lowest BCUT2D eigenvalue weighted by Gasteiger charge is -2.12. The molecule has 2 aromatic heterocycles. The van der Waals surface area contributed by atoms with Gasteiger partial charge in [-0.25, -0.2) is 4.79 Å². The average Bonchev–Trinajstić information content (AvgIpc) is 3.52. The van der Waals surface area contributed by atoms with Gasteiger partial charge in [0.2, 0.25) is 5.91 Å². The van der Waals surface area contributed by atoms with Gasteiger partial charge in [-0.3, -0.25) is 4.79 Å². The first-order valence-corrected chi connectivity index (χ1v) is 14.4. The summed E-state index contributed by atoms with van der Waals surface area (Å²) in [6.45, 7) is 11.0. The topological polar surface area (TPSA) is 95.3 Å². The van der Waals surface area contributed by atoms with Crippen molar-refractivity contribution in [3.63, 3.8) is 0 Å². The van der Waals surface area contributed by atoms with Gasteiger partial charge in [0, 0.05) is 17.5 Å². The number of anilines is 1. The highest BCUT2D eigenvalue weighted by Crippen LogP contribution is 2.38. The molecule has 10 heteroatoms. The molecule has 1 amide bonds. The van der Waals surface area contributed by atoms with Gasteiger partial charge in [0.1, 0.15) is 22.9 Å². The lowest BCUT2D eigenvalue weighted by molar-refractivity contribution is -0.113. The number of nitrogens with zero attached hydrogens (tertiary/aromatic N) is 3. The second-order valence-corrected chi connectivity index (χ2v) is 11.0. The van der Waals surface area contributed by atoms with Crippen LogP contribution in [0.25, 0.3) is 11.1 Å². The Labute approximate surface area is 236 Å². The molecule has 4 rings (SSSR count). The number of ether oxygens (including phenoxy) is 2. The van der Waals surface area contributed by atoms with E-state index in [1.54, 1.807) is 0 Å². The van der Waals surface area contributed by atoms with Crippen molar-refractivity contribution in [3.05, 3.63) is 75.4 Å². The summed E-state index contributed by atoms with van der Waals surface area (Å²) in [5.74, 6) is 0.859. The third-order valence-electron chi connectivity index (χ3n) is 6.47. The number of methoxy groups -OCH3 is 1. The zero-order valence-electron chi connectivity index (χ0n) is 23.0. The first kappa shape index (κ1) is 28.4. The summed E-state index contributed by atoms with van der Waals surface area (Å²) in [6.07, 6.45) is 0. The van der Waals surface area contributed by atoms with E-state index in [0.717, 1.165) is 39.1 Å². The fraction of sp³-hybridized carbons (Fsp3) is 0.310. The van der Waals surface area contributed by atoms with Gasteiger partial charge in [-0.15, -0.1) is 21.5 Å². The highest BCUT2D eigenvalue weighted by Gasteiger charge is 2.24. The largest absolute Gasteiger partial charge is 0.485 e. The number of carbonyl (C=O) groups excluding carboxylic acids is 2. The van der Waals surface area contributed by atoms with Gasteiger partial charge >= 0.3 is 5.97 Å². The summed E-state index contributed by atoms with van der Waals surface area (Å²) in [6, 6.07) is 12.0. The van der Waals surface area contributed by atoms with Gasteiger partial charge in [-0.1, -0.05) is 47.7 Å². The van der Waals surface area contributed by atoms with Crippen LogP contribution in [0.3, 0.4) is 0 Å². The molecule has 0 fully saturated rings. The number of rotatable bonds is 10. The summed E-state index contributed by atoms with van der Waals surface area (Å²) in [7, 11) is 1.34. The molecule has 0 aliphatic heterocycles. The molecule has 4 aromatic rings. The number of amides is 1. The maximum Gasteiger partial charge on any atom is 0.341 e. The van der Waals surface area contributed by atoms with E-state index in [1.165, 1.54) is 30.2 Å². The van der Waals surface area contributed by atoms with Crippen molar-refractivity contribution in [2.24, 2.45) is 0 Å². The number of nitrogens with one attached hydrogen (secondary N) is 1. The molecule has 0 saturated heterocycles. The van der Waals surface area contributed by atoms with E-state index in [-0.39, 0.29) is 18.3 Å². The molecule has 0 spiro atoms. The minimum Gasteiger partial charge on any atom is -0.485 e. The van der Waals surface area contributed by atoms with Crippen molar-refractivity contribution in [1.82, 2.24) is 14.8 Å². The Morgan fingerprint density at radius 3 is 2.59 bits per heavy atom. The van der Waals surface area contributed by atoms with E-state index in [0.29, 0.717) is 28.1 Å². The summed E-state index contributed by atoms with van der Waals surface area (Å²) in [5, 5.41) is 14.4. The van der Waals surface area contributed by atoms with E-state index < -0.39 is 5.97 Å². The van der Waals surface area contributed by atoms with Gasteiger partial charge in [0.25, 0.3) is 0 Å². The highest BCUT2D eigenvalue weighted by molar-refractivity contribution is 7.99. The quantitative estimate of drug-likeness (QED) is 0.177. The minimum absolute atomic E-state index is 0.104. The van der Waals surface area contributed by atoms with Crippen LogP contribution in [-0.4, -0.2) is 39.5 Å². The molecular weight excluding hydrogens is 532 g/mol. The van der Waals surface area contributed by atoms with E-state index in [2.05, 4.69) is 15.5 Å². The van der Waals surface area contributed by atoms with Gasteiger partial charge in [0.05, 0.1) is 12.9 Å². The Balaban J connectivity index is 1.46. The first-order chi connectivity index (χ1) is 18.7. The van der Waals surface area contributed by atoms with Crippen LogP contribution in [0.2, 0.25) is 0 Å². The van der Waals surface area contributed by atoms with Crippen molar-refractivity contribution in [2.45, 2.75) is 52.9 Å². The lowest BCUT2D eigenvalue weighted by Crippen LogP contribution is -2.16. The number of carbonyl (C=O) groups is 2. The second-order valence-electron chi connectivity index (χ2n) is 9.13. The van der Waals surface area contributed by atoms with Crippen LogP contribution < -0.4 is 10.1 Å². The molecule has 0 unspecified atom stereocenters. The fourth-order valence-electron chi connectivity index (χ4n) is 4.14. The van der Waals surface area contributed by atoms with Crippen molar-refractivity contribution >= 4 is 40.0 Å². The van der Waals surface area contributed by atoms with Crippen LogP contribution in [0.4, 0.5) is 5.00 Å². The molecule has 0 atom stereocenters. The van der Waals surface area contributed by atoms with Crippen molar-refractivity contribution in [1.29, 1.82) is 0 Å².